The molecule has 0 aliphatic carbocycles. The second kappa shape index (κ2) is 9.39. The number of halogens is 1. The Kier molecular flexibility index (Phi) is 9.11. The van der Waals surface area contributed by atoms with Crippen LogP contribution < -0.4 is 15.8 Å². The van der Waals surface area contributed by atoms with E-state index in [-0.39, 0.29) is 44.5 Å². The van der Waals surface area contributed by atoms with E-state index in [2.05, 4.69) is 27.3 Å². The molecule has 1 aromatic rings. The van der Waals surface area contributed by atoms with Gasteiger partial charge in [0.15, 0.2) is 5.56 Å². The Bertz CT molecular complexity index is 533. The Morgan fingerprint density at radius 1 is 1.33 bits per heavy atom. The normalized spacial score (nSPS) is 17.3. The molecule has 119 valence electrons. The Labute approximate surface area is 147 Å². The van der Waals surface area contributed by atoms with Crippen LogP contribution in [0.3, 0.4) is 0 Å². The summed E-state index contributed by atoms with van der Waals surface area (Å²) in [4.78, 5) is 25.1. The number of rotatable bonds is 1. The van der Waals surface area contributed by atoms with E-state index >= 15 is 0 Å². The van der Waals surface area contributed by atoms with Crippen LogP contribution in [0.25, 0.3) is 0 Å². The van der Waals surface area contributed by atoms with Crippen LogP contribution in [0.4, 0.5) is 11.5 Å². The van der Waals surface area contributed by atoms with Crippen LogP contribution in [0, 0.1) is 6.07 Å². The van der Waals surface area contributed by atoms with Gasteiger partial charge in [-0.15, -0.1) is 0 Å². The van der Waals surface area contributed by atoms with Gasteiger partial charge in [0.1, 0.15) is 0 Å². The largest absolute Gasteiger partial charge is 0.451 e. The molecular formula is C14H21BrN3O2Re-. The second-order valence-corrected chi connectivity index (χ2v) is 4.51. The molecule has 1 amide bonds. The zero-order valence-electron chi connectivity index (χ0n) is 12.7. The molecule has 3 heterocycles. The first-order valence-corrected chi connectivity index (χ1v) is 8.12. The fourth-order valence-electron chi connectivity index (χ4n) is 2.22. The van der Waals surface area contributed by atoms with Crippen molar-refractivity contribution in [1.29, 1.82) is 0 Å². The molecule has 0 aromatic carbocycles. The predicted octanol–water partition coefficient (Wildman–Crippen LogP) is 2.41. The molecule has 1 aromatic heterocycles. The molecule has 7 heteroatoms. The van der Waals surface area contributed by atoms with Crippen molar-refractivity contribution < 1.29 is 25.2 Å². The van der Waals surface area contributed by atoms with Gasteiger partial charge in [0, 0.05) is 32.3 Å². The Hall–Kier alpha value is -0.638. The van der Waals surface area contributed by atoms with Crippen molar-refractivity contribution in [3.63, 3.8) is 0 Å². The molecule has 1 unspecified atom stereocenters. The van der Waals surface area contributed by atoms with E-state index in [0.717, 1.165) is 5.69 Å². The van der Waals surface area contributed by atoms with Gasteiger partial charge in [-0.2, -0.15) is 6.07 Å². The summed E-state index contributed by atoms with van der Waals surface area (Å²) in [5.41, 5.74) is 0.629. The number of nitrogens with zero attached hydrogens (tertiary/aromatic N) is 2. The minimum absolute atomic E-state index is 0. The summed E-state index contributed by atoms with van der Waals surface area (Å²) >= 11 is 3.37. The molecule has 0 saturated carbocycles. The average molecular weight is 529 g/mol. The third kappa shape index (κ3) is 3.77. The third-order valence-electron chi connectivity index (χ3n) is 2.95. The van der Waals surface area contributed by atoms with Crippen molar-refractivity contribution in [3.8, 4) is 0 Å². The van der Waals surface area contributed by atoms with Gasteiger partial charge in [-0.05, 0) is 0 Å². The standard InChI is InChI=1S/C10H9BrN3O2.2C2H6.Re/c11-3-6-5-13-9(16)4-12-7-1-2-8(15)14(6)10(7)13;2*1-2;/h1,6,12H,3-5H2;2*1-2H3;/q-1;;;. The number of anilines is 2. The topological polar surface area (TPSA) is 54.3 Å². The van der Waals surface area contributed by atoms with E-state index in [4.69, 9.17) is 0 Å². The van der Waals surface area contributed by atoms with Gasteiger partial charge in [-0.1, -0.05) is 49.3 Å². The number of aromatic nitrogens is 1. The fraction of sp³-hybridized carbons (Fsp3) is 0.571. The van der Waals surface area contributed by atoms with Gasteiger partial charge in [-0.3, -0.25) is 9.59 Å². The minimum Gasteiger partial charge on any atom is -0.451 e. The van der Waals surface area contributed by atoms with Crippen LogP contribution in [0.1, 0.15) is 33.7 Å². The number of nitrogens with one attached hydrogen (secondary N) is 1. The van der Waals surface area contributed by atoms with Gasteiger partial charge >= 0.3 is 0 Å². The molecule has 5 nitrogen and oxygen atoms in total. The van der Waals surface area contributed by atoms with E-state index in [1.54, 1.807) is 15.5 Å². The van der Waals surface area contributed by atoms with Gasteiger partial charge in [0.25, 0.3) is 0 Å². The summed E-state index contributed by atoms with van der Waals surface area (Å²) in [5.74, 6) is 0.694. The first-order valence-electron chi connectivity index (χ1n) is 7.00. The van der Waals surface area contributed by atoms with E-state index < -0.39 is 0 Å². The monoisotopic (exact) mass is 529 g/mol. The molecule has 1 atom stereocenters. The Morgan fingerprint density at radius 3 is 2.52 bits per heavy atom. The summed E-state index contributed by atoms with van der Waals surface area (Å²) in [7, 11) is 0. The van der Waals surface area contributed by atoms with Crippen LogP contribution in [0.15, 0.2) is 10.9 Å². The van der Waals surface area contributed by atoms with E-state index in [9.17, 15) is 9.59 Å². The molecule has 0 fully saturated rings. The number of alkyl halides is 1. The van der Waals surface area contributed by atoms with Crippen molar-refractivity contribution in [2.24, 2.45) is 0 Å². The molecule has 0 spiro atoms. The number of hydrogen-bond donors (Lipinski definition) is 1. The smallest absolute Gasteiger partial charge is 0.244 e. The maximum Gasteiger partial charge on any atom is 0.244 e. The maximum atomic E-state index is 11.7. The first-order chi connectivity index (χ1) is 9.72. The van der Waals surface area contributed by atoms with Crippen LogP contribution in [-0.4, -0.2) is 28.9 Å². The van der Waals surface area contributed by atoms with Crippen molar-refractivity contribution in [2.45, 2.75) is 33.7 Å². The molecule has 1 radical (unpaired) electrons. The van der Waals surface area contributed by atoms with Crippen molar-refractivity contribution in [2.75, 3.05) is 28.6 Å². The fourth-order valence-corrected chi connectivity index (χ4v) is 2.72. The van der Waals surface area contributed by atoms with Gasteiger partial charge in [-0.25, -0.2) is 6.07 Å². The average Bonchev–Trinajstić information content (AvgIpc) is 2.91. The summed E-state index contributed by atoms with van der Waals surface area (Å²) in [6.07, 6.45) is 0. The molecule has 0 saturated heterocycles. The molecule has 21 heavy (non-hydrogen) atoms. The quantitative estimate of drug-likeness (QED) is 0.449. The molecule has 0 bridgehead atoms. The number of carbonyl (C=O) groups excluding carboxylic acids is 1. The molecular weight excluding hydrogens is 508 g/mol. The summed E-state index contributed by atoms with van der Waals surface area (Å²) in [6, 6.07) is 4.29. The zero-order valence-corrected chi connectivity index (χ0v) is 17.0. The summed E-state index contributed by atoms with van der Waals surface area (Å²) in [6.45, 7) is 8.85. The van der Waals surface area contributed by atoms with Gasteiger partial charge < -0.3 is 14.8 Å². The molecule has 1 N–H and O–H groups in total. The van der Waals surface area contributed by atoms with Crippen molar-refractivity contribution in [1.82, 2.24) is 4.57 Å². The van der Waals surface area contributed by atoms with E-state index in [1.165, 1.54) is 0 Å². The number of amides is 1. The third-order valence-corrected chi connectivity index (χ3v) is 3.70. The number of hydrogen-bond acceptors (Lipinski definition) is 3. The SMILES string of the molecule is CC.CC.O=C1CNc2c[c-]c(=O)n3c2N1CC3CBr.[Re]. The van der Waals surface area contributed by atoms with Gasteiger partial charge in [0.05, 0.1) is 18.4 Å². The van der Waals surface area contributed by atoms with Crippen molar-refractivity contribution >= 4 is 33.3 Å². The maximum absolute atomic E-state index is 11.7. The number of carbonyl (C=O) groups is 1. The second-order valence-electron chi connectivity index (χ2n) is 3.87. The minimum atomic E-state index is -0.179. The predicted molar refractivity (Wildman–Crippen MR) is 85.9 cm³/mol. The van der Waals surface area contributed by atoms with Crippen LogP contribution in [0.2, 0.25) is 0 Å². The summed E-state index contributed by atoms with van der Waals surface area (Å²) in [5, 5.41) is 3.65. The first kappa shape index (κ1) is 20.4. The van der Waals surface area contributed by atoms with Gasteiger partial charge in [0.2, 0.25) is 5.91 Å². The Balaban J connectivity index is 0.000000741. The number of pyridine rings is 1. The molecule has 2 aliphatic rings. The molecule has 2 aliphatic heterocycles. The zero-order chi connectivity index (χ0) is 15.3. The van der Waals surface area contributed by atoms with E-state index in [1.807, 2.05) is 27.7 Å². The van der Waals surface area contributed by atoms with E-state index in [0.29, 0.717) is 17.7 Å². The summed E-state index contributed by atoms with van der Waals surface area (Å²) < 4.78 is 1.63. The van der Waals surface area contributed by atoms with Crippen LogP contribution in [-0.2, 0) is 25.2 Å². The van der Waals surface area contributed by atoms with Crippen LogP contribution >= 0.6 is 15.9 Å². The van der Waals surface area contributed by atoms with Crippen LogP contribution in [0.5, 0.6) is 0 Å². The van der Waals surface area contributed by atoms with Crippen molar-refractivity contribution in [3.05, 3.63) is 22.5 Å². The molecule has 3 rings (SSSR count). The Morgan fingerprint density at radius 2 is 1.95 bits per heavy atom.